The van der Waals surface area contributed by atoms with Crippen LogP contribution in [0.2, 0.25) is 30.1 Å². The van der Waals surface area contributed by atoms with Gasteiger partial charge in [0, 0.05) is 146 Å². The summed E-state index contributed by atoms with van der Waals surface area (Å²) in [6.45, 7) is 21.2. The van der Waals surface area contributed by atoms with Crippen molar-refractivity contribution in [3.63, 3.8) is 0 Å². The van der Waals surface area contributed by atoms with Crippen molar-refractivity contribution in [3.05, 3.63) is 246 Å². The molecule has 4 unspecified atom stereocenters. The molecule has 25 heteroatoms. The summed E-state index contributed by atoms with van der Waals surface area (Å²) in [5.41, 5.74) is 8.18. The topological polar surface area (TPSA) is 177 Å². The SMILES string of the molecule is O=C(CCC1CCCN(C2CCN(Cc3cc(Cl)cc(Cl)c3)CC2)C1)c1ccc2ncccc2c1.O=C(NC1C=CC=CN1)N[C@@H]1CCCC[C@H]1CN1CCC[C@@H](Cc2ccc(F)cc2)C1.O=C(NCC1CCCN(C2CCN(Cc3ccc(Cl)c(Cl)c3)CC2)C1)C1CCCCC1.O=C(NCC1CCCN(C2CCN(Cc3ccc(Cl)c(Cl)c3)CC2)C1)c1ccnc2ccccc12.[HH].[HH].[HH].[HH]. The summed E-state index contributed by atoms with van der Waals surface area (Å²) in [5.74, 6) is 3.50. The smallest absolute Gasteiger partial charge is 0.316 e. The first kappa shape index (κ1) is 99.2. The number of para-hydroxylation sites is 1. The molecule has 5 N–H and O–H groups in total. The average Bonchev–Trinajstić information content (AvgIpc) is 0.805. The molecular formula is C107H145Cl6FN14O4. The number of fused-ring (bicyclic) bond motifs is 2. The molecule has 8 aromatic rings. The van der Waals surface area contributed by atoms with Crippen LogP contribution < -0.4 is 26.6 Å². The summed E-state index contributed by atoms with van der Waals surface area (Å²) in [4.78, 5) is 77.8. The predicted octanol–water partition coefficient (Wildman–Crippen LogP) is 22.8. The third-order valence-corrected chi connectivity index (χ3v) is 31.4. The summed E-state index contributed by atoms with van der Waals surface area (Å²) in [6.07, 6.45) is 41.2. The number of hydrogen-bond donors (Lipinski definition) is 5. The van der Waals surface area contributed by atoms with Gasteiger partial charge in [0.2, 0.25) is 5.91 Å². The highest BCUT2D eigenvalue weighted by atomic mass is 35.5. The minimum absolute atomic E-state index is 0. The van der Waals surface area contributed by atoms with Gasteiger partial charge in [-0.3, -0.25) is 48.9 Å². The number of hydrogen-bond acceptors (Lipinski definition) is 14. The fourth-order valence-corrected chi connectivity index (χ4v) is 23.5. The van der Waals surface area contributed by atoms with Gasteiger partial charge in [0.1, 0.15) is 12.0 Å². The summed E-state index contributed by atoms with van der Waals surface area (Å²) < 4.78 is 13.2. The number of urea groups is 1. The molecule has 10 aliphatic rings. The van der Waals surface area contributed by atoms with E-state index >= 15 is 0 Å². The lowest BCUT2D eigenvalue weighted by atomic mass is 9.83. The Labute approximate surface area is 818 Å². The van der Waals surface area contributed by atoms with Crippen LogP contribution in [0.15, 0.2) is 176 Å². The number of nitrogens with zero attached hydrogens (tertiary/aromatic N) is 9. The van der Waals surface area contributed by atoms with Crippen LogP contribution in [0.5, 0.6) is 0 Å². The Hall–Kier alpha value is -7.31. The van der Waals surface area contributed by atoms with E-state index in [1.54, 1.807) is 30.6 Å². The van der Waals surface area contributed by atoms with Crippen molar-refractivity contribution in [2.75, 3.05) is 111 Å². The van der Waals surface area contributed by atoms with Gasteiger partial charge in [-0.2, -0.15) is 0 Å². The Morgan fingerprint density at radius 3 is 1.63 bits per heavy atom. The van der Waals surface area contributed by atoms with Gasteiger partial charge < -0.3 is 36.4 Å². The van der Waals surface area contributed by atoms with E-state index in [9.17, 15) is 23.6 Å². The number of pyridine rings is 2. The van der Waals surface area contributed by atoms with E-state index < -0.39 is 0 Å². The molecule has 2 saturated carbocycles. The third kappa shape index (κ3) is 30.1. The summed E-state index contributed by atoms with van der Waals surface area (Å²) in [7, 11) is 0. The zero-order valence-electron chi connectivity index (χ0n) is 76.9. The highest BCUT2D eigenvalue weighted by molar-refractivity contribution is 6.42. The first-order valence-corrected chi connectivity index (χ1v) is 51.7. The van der Waals surface area contributed by atoms with E-state index in [-0.39, 0.29) is 47.4 Å². The van der Waals surface area contributed by atoms with Crippen LogP contribution in [0, 0.1) is 41.3 Å². The van der Waals surface area contributed by atoms with Gasteiger partial charge in [-0.25, -0.2) is 9.18 Å². The lowest BCUT2D eigenvalue weighted by Crippen LogP contribution is -2.54. The molecule has 8 aliphatic heterocycles. The molecule has 0 spiro atoms. The molecule has 716 valence electrons. The van der Waals surface area contributed by atoms with Gasteiger partial charge in [-0.1, -0.05) is 156 Å². The molecule has 18 nitrogen and oxygen atoms in total. The van der Waals surface area contributed by atoms with Gasteiger partial charge in [0.25, 0.3) is 5.91 Å². The molecule has 0 bridgehead atoms. The highest BCUT2D eigenvalue weighted by Crippen LogP contribution is 2.36. The molecule has 6 aromatic carbocycles. The van der Waals surface area contributed by atoms with Crippen LogP contribution in [-0.2, 0) is 30.8 Å². The van der Waals surface area contributed by atoms with Crippen LogP contribution in [0.3, 0.4) is 0 Å². The number of dihydropyridines is 1. The van der Waals surface area contributed by atoms with Gasteiger partial charge in [0.05, 0.1) is 36.7 Å². The van der Waals surface area contributed by atoms with Gasteiger partial charge in [-0.15, -0.1) is 0 Å². The van der Waals surface area contributed by atoms with E-state index in [0.717, 1.165) is 177 Å². The number of ketones is 1. The van der Waals surface area contributed by atoms with E-state index in [0.29, 0.717) is 95.7 Å². The first-order chi connectivity index (χ1) is 64.3. The minimum Gasteiger partial charge on any atom is -0.368 e. The molecule has 2 aliphatic carbocycles. The Kier molecular flexibility index (Phi) is 38.1. The van der Waals surface area contributed by atoms with E-state index in [4.69, 9.17) is 69.6 Å². The fraction of sp³-hybridized carbons (Fsp3) is 0.533. The number of amides is 4. The molecule has 2 aromatic heterocycles. The number of nitrogens with one attached hydrogen (secondary N) is 5. The van der Waals surface area contributed by atoms with Crippen LogP contribution in [0.4, 0.5) is 9.18 Å². The van der Waals surface area contributed by atoms with Crippen molar-refractivity contribution >= 4 is 115 Å². The highest BCUT2D eigenvalue weighted by Gasteiger charge is 2.36. The molecule has 4 amide bonds. The second-order valence-electron chi connectivity index (χ2n) is 39.1. The van der Waals surface area contributed by atoms with Crippen molar-refractivity contribution in [1.82, 2.24) is 70.9 Å². The maximum atomic E-state index is 13.2. The van der Waals surface area contributed by atoms with Crippen molar-refractivity contribution in [1.29, 1.82) is 0 Å². The number of likely N-dealkylation sites (tertiary alicyclic amines) is 7. The number of aromatic nitrogens is 2. The molecule has 0 radical (unpaired) electrons. The molecule has 7 saturated heterocycles. The Bertz CT molecular complexity index is 5100. The minimum atomic E-state index is -0.166. The standard InChI is InChI=1S/C29H33Cl2N3O.C28H32Cl2N4O.C25H37Cl2N3O.C25H35FN4O.4H2/c30-25-15-22(16-26(31)18-25)19-33-13-9-27(10-14-33)34-12-2-3-21(20-34)5-8-29(35)24-6-7-28-23(17-24)4-1-11-32-28;29-25-8-7-20(16-26(25)30)18-33-14-10-22(11-15-33)34-13-3-4-21(19-34)17-32-28(35)24-9-12-31-27-6-2-1-5-23(24)27;26-23-9-8-19(15-24(23)27)17-29-13-10-22(11-14-29)30-12-4-5-20(18-30)16-28-25(31)21-6-2-1-3-7-21;26-22-12-10-19(11-13-22)16-20-6-5-15-30(17-20)18-21-7-1-2-8-23(21)28-25(31)29-24-9-3-4-14-27-24;;;;/h1,4,6-7,11,15-18,21,27H,2-3,5,8-10,12-14,19-20H2;1-2,5-9,12,16,21-22H,3-4,10-11,13-15,17-19H2,(H,32,35);8-9,15,20-22H,1-7,10-14,16-18H2,(H,28,31);3-4,9-14,20-21,23-24,27H,1-2,5-8,15-18H2,(H2,28,29,31);4*1H/t;;;20-,21-,23+,24?;;;;/m...0..../s1. The first-order valence-electron chi connectivity index (χ1n) is 49.5. The number of carbonyl (C=O) groups excluding carboxylic acids is 4. The largest absolute Gasteiger partial charge is 0.368 e. The zero-order valence-corrected chi connectivity index (χ0v) is 81.5. The van der Waals surface area contributed by atoms with Crippen LogP contribution in [0.25, 0.3) is 21.8 Å². The zero-order chi connectivity index (χ0) is 91.5. The third-order valence-electron chi connectivity index (χ3n) is 29.5. The summed E-state index contributed by atoms with van der Waals surface area (Å²) in [6, 6.07) is 46.2. The monoisotopic (exact) mass is 1920 g/mol. The Balaban J connectivity index is 0.000000173. The molecule has 18 rings (SSSR count). The van der Waals surface area contributed by atoms with Crippen molar-refractivity contribution in [3.8, 4) is 0 Å². The predicted molar refractivity (Wildman–Crippen MR) is 546 cm³/mol. The van der Waals surface area contributed by atoms with Crippen LogP contribution >= 0.6 is 69.6 Å². The molecule has 10 heterocycles. The lowest BCUT2D eigenvalue weighted by Gasteiger charge is -2.42. The maximum Gasteiger partial charge on any atom is 0.316 e. The maximum absolute atomic E-state index is 13.2. The number of carbonyl (C=O) groups is 4. The average molecular weight is 1920 g/mol. The van der Waals surface area contributed by atoms with Crippen molar-refractivity contribution < 1.29 is 29.3 Å². The molecule has 7 atom stereocenters. The Morgan fingerprint density at radius 2 is 1.01 bits per heavy atom. The van der Waals surface area contributed by atoms with Crippen molar-refractivity contribution in [2.24, 2.45) is 35.5 Å². The van der Waals surface area contributed by atoms with Crippen LogP contribution in [-0.4, -0.2) is 209 Å². The number of rotatable bonds is 25. The van der Waals surface area contributed by atoms with Crippen LogP contribution in [0.1, 0.15) is 209 Å². The second-order valence-corrected chi connectivity index (χ2v) is 41.6. The molecular weight excluding hydrogens is 1780 g/mol. The summed E-state index contributed by atoms with van der Waals surface area (Å²) >= 11 is 36.8. The number of benzene rings is 6. The number of piperidine rings is 7. The van der Waals surface area contributed by atoms with E-state index in [2.05, 4.69) is 83.0 Å². The molecule has 9 fully saturated rings. The second kappa shape index (κ2) is 50.7. The van der Waals surface area contributed by atoms with Gasteiger partial charge in [-0.05, 0) is 355 Å². The fourth-order valence-electron chi connectivity index (χ4n) is 22.3. The van der Waals surface area contributed by atoms with Gasteiger partial charge in [0.15, 0.2) is 5.78 Å². The quantitative estimate of drug-likeness (QED) is 0.0342. The number of halogens is 7. The lowest BCUT2D eigenvalue weighted by molar-refractivity contribution is -0.126. The normalized spacial score (nSPS) is 23.3. The van der Waals surface area contributed by atoms with Crippen molar-refractivity contribution in [2.45, 2.75) is 217 Å². The number of Topliss-reactive ketones (excluding diaryl/α,β-unsaturated/α-hetero) is 1. The van der Waals surface area contributed by atoms with E-state index in [1.807, 2.05) is 134 Å². The Morgan fingerprint density at radius 1 is 0.447 bits per heavy atom. The molecule has 132 heavy (non-hydrogen) atoms. The van der Waals surface area contributed by atoms with Gasteiger partial charge >= 0.3 is 6.03 Å². The number of allylic oxidation sites excluding steroid dienone is 2. The summed E-state index contributed by atoms with van der Waals surface area (Å²) in [5, 5.41) is 21.7. The van der Waals surface area contributed by atoms with E-state index in [1.165, 1.54) is 164 Å².